The second kappa shape index (κ2) is 10.5. The van der Waals surface area contributed by atoms with Crippen molar-refractivity contribution < 1.29 is 18.0 Å². The van der Waals surface area contributed by atoms with Gasteiger partial charge in [0.2, 0.25) is 15.9 Å². The minimum Gasteiger partial charge on any atom is -0.273 e. The fourth-order valence-corrected chi connectivity index (χ4v) is 6.20. The lowest BCUT2D eigenvalue weighted by molar-refractivity contribution is -0.121. The highest BCUT2D eigenvalue weighted by Gasteiger charge is 2.26. The zero-order valence-electron chi connectivity index (χ0n) is 18.8. The van der Waals surface area contributed by atoms with E-state index in [0.717, 1.165) is 29.0 Å². The van der Waals surface area contributed by atoms with Crippen molar-refractivity contribution >= 4 is 33.2 Å². The zero-order chi connectivity index (χ0) is 24.1. The van der Waals surface area contributed by atoms with Crippen LogP contribution in [0.4, 0.5) is 0 Å². The molecule has 1 saturated heterocycles. The quantitative estimate of drug-likeness (QED) is 0.486. The van der Waals surface area contributed by atoms with Crippen molar-refractivity contribution in [3.63, 3.8) is 0 Å². The molecular weight excluding hydrogens is 472 g/mol. The number of nitrogens with zero attached hydrogens (tertiary/aromatic N) is 2. The Morgan fingerprint density at radius 2 is 1.68 bits per heavy atom. The zero-order valence-corrected chi connectivity index (χ0v) is 20.4. The van der Waals surface area contributed by atoms with Crippen molar-refractivity contribution in [1.82, 2.24) is 20.1 Å². The number of nitrogens with one attached hydrogen (secondary N) is 2. The second-order valence-corrected chi connectivity index (χ2v) is 11.0. The first kappa shape index (κ1) is 24.1. The molecule has 0 unspecified atom stereocenters. The maximum Gasteiger partial charge on any atom is 0.281 e. The summed E-state index contributed by atoms with van der Waals surface area (Å²) in [7, 11) is -3.45. The molecule has 0 bridgehead atoms. The van der Waals surface area contributed by atoms with Crippen molar-refractivity contribution in [2.24, 2.45) is 0 Å². The van der Waals surface area contributed by atoms with Crippen LogP contribution in [-0.4, -0.2) is 42.6 Å². The summed E-state index contributed by atoms with van der Waals surface area (Å²) >= 11 is 1.27. The molecule has 10 heteroatoms. The first-order valence-corrected chi connectivity index (χ1v) is 13.3. The van der Waals surface area contributed by atoms with Crippen LogP contribution < -0.4 is 10.9 Å². The summed E-state index contributed by atoms with van der Waals surface area (Å²) in [5, 5.41) is 0.741. The summed E-state index contributed by atoms with van der Waals surface area (Å²) < 4.78 is 26.7. The van der Waals surface area contributed by atoms with Crippen LogP contribution in [0.15, 0.2) is 59.5 Å². The van der Waals surface area contributed by atoms with Crippen LogP contribution in [0, 0.1) is 6.92 Å². The first-order chi connectivity index (χ1) is 16.3. The lowest BCUT2D eigenvalue weighted by Gasteiger charge is -2.15. The topological polar surface area (TPSA) is 108 Å². The monoisotopic (exact) mass is 498 g/mol. The smallest absolute Gasteiger partial charge is 0.273 e. The van der Waals surface area contributed by atoms with Gasteiger partial charge in [-0.05, 0) is 43.9 Å². The minimum absolute atomic E-state index is 0.148. The molecule has 178 valence electrons. The number of benzene rings is 2. The summed E-state index contributed by atoms with van der Waals surface area (Å²) in [6.07, 6.45) is 2.35. The Morgan fingerprint density at radius 1 is 1.00 bits per heavy atom. The van der Waals surface area contributed by atoms with Crippen LogP contribution in [0.3, 0.4) is 0 Å². The molecule has 2 heterocycles. The summed E-state index contributed by atoms with van der Waals surface area (Å²) in [6, 6.07) is 16.2. The lowest BCUT2D eigenvalue weighted by atomic mass is 10.1. The molecule has 0 saturated carbocycles. The molecule has 1 aliphatic rings. The summed E-state index contributed by atoms with van der Waals surface area (Å²) in [4.78, 5) is 29.9. The number of amides is 2. The van der Waals surface area contributed by atoms with E-state index in [1.165, 1.54) is 15.6 Å². The molecule has 0 atom stereocenters. The van der Waals surface area contributed by atoms with Crippen molar-refractivity contribution in [2.75, 3.05) is 13.1 Å². The Labute approximate surface area is 203 Å². The van der Waals surface area contributed by atoms with Crippen LogP contribution in [0.5, 0.6) is 0 Å². The van der Waals surface area contributed by atoms with Gasteiger partial charge in [0.1, 0.15) is 9.88 Å². The third kappa shape index (κ3) is 5.52. The number of sulfonamides is 1. The van der Waals surface area contributed by atoms with E-state index < -0.39 is 15.9 Å². The average molecular weight is 499 g/mol. The van der Waals surface area contributed by atoms with Crippen molar-refractivity contribution in [1.29, 1.82) is 0 Å². The molecular formula is C24H26N4O4S2. The number of rotatable bonds is 7. The lowest BCUT2D eigenvalue weighted by Crippen LogP contribution is -2.41. The molecule has 1 aromatic heterocycles. The molecule has 2 N–H and O–H groups in total. The van der Waals surface area contributed by atoms with E-state index in [0.29, 0.717) is 30.1 Å². The number of thiazole rings is 1. The van der Waals surface area contributed by atoms with E-state index in [1.54, 1.807) is 31.2 Å². The highest BCUT2D eigenvalue weighted by molar-refractivity contribution is 7.89. The number of hydrogen-bond acceptors (Lipinski definition) is 6. The van der Waals surface area contributed by atoms with Crippen molar-refractivity contribution in [3.8, 4) is 10.6 Å². The fraction of sp³-hybridized carbons (Fsp3) is 0.292. The van der Waals surface area contributed by atoms with Gasteiger partial charge in [-0.25, -0.2) is 13.4 Å². The molecule has 0 aliphatic carbocycles. The molecule has 1 aliphatic heterocycles. The highest BCUT2D eigenvalue weighted by atomic mass is 32.2. The summed E-state index contributed by atoms with van der Waals surface area (Å²) in [5.41, 5.74) is 7.25. The number of hydrogen-bond donors (Lipinski definition) is 2. The minimum atomic E-state index is -3.45. The van der Waals surface area contributed by atoms with Crippen LogP contribution in [0.1, 0.15) is 40.2 Å². The molecule has 1 fully saturated rings. The largest absolute Gasteiger partial charge is 0.281 e. The van der Waals surface area contributed by atoms with E-state index in [1.807, 2.05) is 30.3 Å². The van der Waals surface area contributed by atoms with Gasteiger partial charge in [-0.3, -0.25) is 20.4 Å². The number of aromatic nitrogens is 1. The number of aryl methyl sites for hydroxylation is 2. The van der Waals surface area contributed by atoms with Gasteiger partial charge in [0, 0.05) is 25.1 Å². The third-order valence-electron chi connectivity index (χ3n) is 5.61. The number of hydrazine groups is 1. The third-order valence-corrected chi connectivity index (χ3v) is 8.72. The van der Waals surface area contributed by atoms with Gasteiger partial charge in [0.25, 0.3) is 5.91 Å². The Hall–Kier alpha value is -3.08. The number of carbonyl (C=O) groups excluding carboxylic acids is 2. The van der Waals surface area contributed by atoms with E-state index in [2.05, 4.69) is 15.8 Å². The fourth-order valence-electron chi connectivity index (χ4n) is 3.72. The first-order valence-electron chi connectivity index (χ1n) is 11.1. The SMILES string of the molecule is Cc1nc(-c2ccccc2)sc1C(=O)NNC(=O)CCc1ccc(S(=O)(=O)N2CCCC2)cc1. The van der Waals surface area contributed by atoms with E-state index in [4.69, 9.17) is 0 Å². The van der Waals surface area contributed by atoms with Gasteiger partial charge in [0.15, 0.2) is 0 Å². The Balaban J connectivity index is 1.28. The molecule has 0 spiro atoms. The second-order valence-electron chi connectivity index (χ2n) is 8.06. The van der Waals surface area contributed by atoms with Gasteiger partial charge >= 0.3 is 0 Å². The Morgan fingerprint density at radius 3 is 2.35 bits per heavy atom. The molecule has 2 aromatic carbocycles. The van der Waals surface area contributed by atoms with Gasteiger partial charge < -0.3 is 0 Å². The van der Waals surface area contributed by atoms with E-state index in [9.17, 15) is 18.0 Å². The maximum absolute atomic E-state index is 12.6. The number of carbonyl (C=O) groups is 2. The molecule has 2 amide bonds. The average Bonchev–Trinajstić information content (AvgIpc) is 3.53. The Kier molecular flexibility index (Phi) is 7.40. The van der Waals surface area contributed by atoms with Crippen LogP contribution in [0.25, 0.3) is 10.6 Å². The molecule has 34 heavy (non-hydrogen) atoms. The normalized spacial score (nSPS) is 14.1. The predicted octanol–water partition coefficient (Wildman–Crippen LogP) is 3.30. The summed E-state index contributed by atoms with van der Waals surface area (Å²) in [5.74, 6) is -0.755. The van der Waals surface area contributed by atoms with E-state index in [-0.39, 0.29) is 17.2 Å². The molecule has 8 nitrogen and oxygen atoms in total. The van der Waals surface area contributed by atoms with Gasteiger partial charge in [-0.2, -0.15) is 4.31 Å². The molecule has 0 radical (unpaired) electrons. The molecule has 4 rings (SSSR count). The predicted molar refractivity (Wildman–Crippen MR) is 131 cm³/mol. The van der Waals surface area contributed by atoms with Gasteiger partial charge in [-0.15, -0.1) is 11.3 Å². The molecule has 3 aromatic rings. The van der Waals surface area contributed by atoms with Gasteiger partial charge in [-0.1, -0.05) is 42.5 Å². The maximum atomic E-state index is 12.6. The van der Waals surface area contributed by atoms with Crippen LogP contribution >= 0.6 is 11.3 Å². The van der Waals surface area contributed by atoms with Gasteiger partial charge in [0.05, 0.1) is 10.6 Å². The van der Waals surface area contributed by atoms with Crippen LogP contribution in [0.2, 0.25) is 0 Å². The highest BCUT2D eigenvalue weighted by Crippen LogP contribution is 2.27. The van der Waals surface area contributed by atoms with E-state index >= 15 is 0 Å². The summed E-state index contributed by atoms with van der Waals surface area (Å²) in [6.45, 7) is 2.88. The van der Waals surface area contributed by atoms with Crippen LogP contribution in [-0.2, 0) is 21.2 Å². The Bertz CT molecular complexity index is 1270. The standard InChI is InChI=1S/C24H26N4O4S2/c1-17-22(33-24(25-17)19-7-3-2-4-8-19)23(30)27-26-21(29)14-11-18-9-12-20(13-10-18)34(31,32)28-15-5-6-16-28/h2-4,7-10,12-13H,5-6,11,14-16H2,1H3,(H,26,29)(H,27,30). The van der Waals surface area contributed by atoms with Crippen molar-refractivity contribution in [2.45, 2.75) is 37.5 Å². The van der Waals surface area contributed by atoms with Crippen molar-refractivity contribution in [3.05, 3.63) is 70.7 Å².